The van der Waals surface area contributed by atoms with Gasteiger partial charge in [0, 0.05) is 44.7 Å². The first-order chi connectivity index (χ1) is 27.9. The van der Waals surface area contributed by atoms with Crippen molar-refractivity contribution >= 4 is 49.8 Å². The Morgan fingerprint density at radius 1 is 0.552 bits per heavy atom. The summed E-state index contributed by atoms with van der Waals surface area (Å²) >= 11 is 0. The molecular formula is C54H50N4. The van der Waals surface area contributed by atoms with Gasteiger partial charge in [0.25, 0.3) is 0 Å². The molecule has 0 aliphatic carbocycles. The van der Waals surface area contributed by atoms with E-state index in [9.17, 15) is 0 Å². The van der Waals surface area contributed by atoms with Crippen LogP contribution in [0.1, 0.15) is 65.2 Å². The normalized spacial score (nSPS) is 12.1. The van der Waals surface area contributed by atoms with E-state index in [0.29, 0.717) is 0 Å². The van der Waals surface area contributed by atoms with E-state index in [2.05, 4.69) is 204 Å². The predicted octanol–water partition coefficient (Wildman–Crippen LogP) is 14.9. The topological polar surface area (TPSA) is 44.8 Å². The Kier molecular flexibility index (Phi) is 9.24. The van der Waals surface area contributed by atoms with E-state index in [4.69, 9.17) is 9.97 Å². The number of aromatic nitrogens is 3. The SMILES string of the molecule is CCc1cc(-c2cc(-c3cc(C(C)(C)C)cc(C(C)(C)C)c3)cc(-c3cccc4c3[nH]c3ccccc34)n2)cc(N(c2ccccn2)c2cccc3ccccc23)c1. The zero-order valence-corrected chi connectivity index (χ0v) is 34.6. The average molecular weight is 755 g/mol. The summed E-state index contributed by atoms with van der Waals surface area (Å²) in [5, 5.41) is 4.76. The second-order valence-corrected chi connectivity index (χ2v) is 17.6. The summed E-state index contributed by atoms with van der Waals surface area (Å²) in [5.74, 6) is 0.861. The van der Waals surface area contributed by atoms with Gasteiger partial charge < -0.3 is 4.98 Å². The fourth-order valence-electron chi connectivity index (χ4n) is 8.17. The van der Waals surface area contributed by atoms with Crippen molar-refractivity contribution in [1.29, 1.82) is 0 Å². The van der Waals surface area contributed by atoms with E-state index in [1.54, 1.807) is 0 Å². The van der Waals surface area contributed by atoms with Crippen molar-refractivity contribution in [2.24, 2.45) is 0 Å². The molecule has 0 aliphatic rings. The lowest BCUT2D eigenvalue weighted by Gasteiger charge is -2.27. The predicted molar refractivity (Wildman–Crippen MR) is 247 cm³/mol. The molecule has 0 radical (unpaired) electrons. The average Bonchev–Trinajstić information content (AvgIpc) is 3.62. The van der Waals surface area contributed by atoms with Gasteiger partial charge in [-0.2, -0.15) is 0 Å². The molecule has 0 unspecified atom stereocenters. The maximum Gasteiger partial charge on any atom is 0.137 e. The van der Waals surface area contributed by atoms with Crippen molar-refractivity contribution in [2.45, 2.75) is 65.7 Å². The Labute approximate surface area is 342 Å². The second kappa shape index (κ2) is 14.5. The van der Waals surface area contributed by atoms with Crippen molar-refractivity contribution in [3.05, 3.63) is 175 Å². The zero-order valence-electron chi connectivity index (χ0n) is 34.6. The number of aromatic amines is 1. The highest BCUT2D eigenvalue weighted by Gasteiger charge is 2.23. The number of nitrogens with zero attached hydrogens (tertiary/aromatic N) is 3. The largest absolute Gasteiger partial charge is 0.354 e. The molecule has 3 aromatic heterocycles. The molecule has 0 atom stereocenters. The van der Waals surface area contributed by atoms with Gasteiger partial charge in [0.2, 0.25) is 0 Å². The number of aryl methyl sites for hydroxylation is 1. The third-order valence-electron chi connectivity index (χ3n) is 11.5. The zero-order chi connectivity index (χ0) is 40.2. The standard InChI is InChI=1S/C54H50N4/c1-8-35-27-39(31-42(28-35)58(51-25-13-14-26-55-51)50-24-15-18-36-17-9-10-19-43(36)50)48-32-38(37-29-40(53(2,3)4)34-41(30-37)54(5,6)7)33-49(56-48)46-22-16-21-45-44-20-11-12-23-47(44)57-52(45)46/h9-34,57H,8H2,1-7H3. The number of pyridine rings is 2. The number of hydrogen-bond donors (Lipinski definition) is 1. The van der Waals surface area contributed by atoms with Gasteiger partial charge in [-0.05, 0) is 105 Å². The maximum atomic E-state index is 5.58. The number of fused-ring (bicyclic) bond motifs is 4. The molecule has 0 aliphatic heterocycles. The first kappa shape index (κ1) is 37.1. The summed E-state index contributed by atoms with van der Waals surface area (Å²) in [7, 11) is 0. The number of rotatable bonds is 7. The van der Waals surface area contributed by atoms with Gasteiger partial charge in [-0.1, -0.05) is 146 Å². The lowest BCUT2D eigenvalue weighted by molar-refractivity contribution is 0.569. The van der Waals surface area contributed by atoms with E-state index >= 15 is 0 Å². The Morgan fingerprint density at radius 2 is 1.21 bits per heavy atom. The van der Waals surface area contributed by atoms with Crippen molar-refractivity contribution in [3.63, 3.8) is 0 Å². The molecule has 0 spiro atoms. The van der Waals surface area contributed by atoms with Crippen LogP contribution < -0.4 is 4.90 Å². The lowest BCUT2D eigenvalue weighted by Crippen LogP contribution is -2.16. The highest BCUT2D eigenvalue weighted by atomic mass is 15.2. The minimum atomic E-state index is -0.0223. The van der Waals surface area contributed by atoms with Crippen LogP contribution in [-0.4, -0.2) is 15.0 Å². The third-order valence-corrected chi connectivity index (χ3v) is 11.5. The van der Waals surface area contributed by atoms with Gasteiger partial charge in [-0.25, -0.2) is 9.97 Å². The fraction of sp³-hybridized carbons (Fsp3) is 0.185. The monoisotopic (exact) mass is 754 g/mol. The molecule has 6 aromatic carbocycles. The molecule has 0 amide bonds. The summed E-state index contributed by atoms with van der Waals surface area (Å²) in [6.45, 7) is 16.1. The van der Waals surface area contributed by atoms with E-state index in [-0.39, 0.29) is 10.8 Å². The van der Waals surface area contributed by atoms with Crippen LogP contribution in [0.5, 0.6) is 0 Å². The van der Waals surface area contributed by atoms with Gasteiger partial charge in [0.05, 0.1) is 22.6 Å². The van der Waals surface area contributed by atoms with Gasteiger partial charge in [0.15, 0.2) is 0 Å². The van der Waals surface area contributed by atoms with Crippen LogP contribution in [0.3, 0.4) is 0 Å². The molecule has 286 valence electrons. The molecule has 0 bridgehead atoms. The quantitative estimate of drug-likeness (QED) is 0.176. The Hall–Kier alpha value is -6.52. The minimum absolute atomic E-state index is 0.0223. The first-order valence-corrected chi connectivity index (χ1v) is 20.5. The van der Waals surface area contributed by atoms with Crippen molar-refractivity contribution in [2.75, 3.05) is 4.90 Å². The molecule has 0 saturated heterocycles. The van der Waals surface area contributed by atoms with E-state index in [0.717, 1.165) is 62.7 Å². The van der Waals surface area contributed by atoms with Crippen molar-refractivity contribution in [3.8, 4) is 33.6 Å². The summed E-state index contributed by atoms with van der Waals surface area (Å²) < 4.78 is 0. The van der Waals surface area contributed by atoms with Crippen LogP contribution in [0.15, 0.2) is 158 Å². The van der Waals surface area contributed by atoms with Crippen LogP contribution in [0.4, 0.5) is 17.2 Å². The van der Waals surface area contributed by atoms with Crippen molar-refractivity contribution in [1.82, 2.24) is 15.0 Å². The summed E-state index contributed by atoms with van der Waals surface area (Å²) in [5.41, 5.74) is 14.5. The number of hydrogen-bond acceptors (Lipinski definition) is 3. The highest BCUT2D eigenvalue weighted by molar-refractivity contribution is 6.11. The number of para-hydroxylation sites is 2. The molecular weight excluding hydrogens is 705 g/mol. The Morgan fingerprint density at radius 3 is 1.95 bits per heavy atom. The fourth-order valence-corrected chi connectivity index (χ4v) is 8.17. The smallest absolute Gasteiger partial charge is 0.137 e. The number of anilines is 3. The molecule has 1 N–H and O–H groups in total. The molecule has 58 heavy (non-hydrogen) atoms. The summed E-state index contributed by atoms with van der Waals surface area (Å²) in [6.07, 6.45) is 2.74. The molecule has 9 rings (SSSR count). The second-order valence-electron chi connectivity index (χ2n) is 17.6. The molecule has 9 aromatic rings. The van der Waals surface area contributed by atoms with Crippen molar-refractivity contribution < 1.29 is 0 Å². The number of benzene rings is 6. The third kappa shape index (κ3) is 6.94. The van der Waals surface area contributed by atoms with E-state index in [1.807, 2.05) is 12.3 Å². The molecule has 4 heteroatoms. The van der Waals surface area contributed by atoms with Crippen LogP contribution in [-0.2, 0) is 17.3 Å². The van der Waals surface area contributed by atoms with Gasteiger partial charge >= 0.3 is 0 Å². The van der Waals surface area contributed by atoms with E-state index in [1.165, 1.54) is 43.8 Å². The first-order valence-electron chi connectivity index (χ1n) is 20.5. The molecule has 0 saturated carbocycles. The Balaban J connectivity index is 1.31. The number of nitrogens with one attached hydrogen (secondary N) is 1. The molecule has 3 heterocycles. The van der Waals surface area contributed by atoms with Gasteiger partial charge in [-0.3, -0.25) is 4.90 Å². The van der Waals surface area contributed by atoms with Gasteiger partial charge in [-0.15, -0.1) is 0 Å². The minimum Gasteiger partial charge on any atom is -0.354 e. The van der Waals surface area contributed by atoms with Crippen LogP contribution in [0.2, 0.25) is 0 Å². The molecule has 0 fully saturated rings. The van der Waals surface area contributed by atoms with E-state index < -0.39 is 0 Å². The van der Waals surface area contributed by atoms with Gasteiger partial charge in [0.1, 0.15) is 5.82 Å². The maximum absolute atomic E-state index is 5.58. The lowest BCUT2D eigenvalue weighted by atomic mass is 9.79. The summed E-state index contributed by atoms with van der Waals surface area (Å²) in [4.78, 5) is 16.5. The summed E-state index contributed by atoms with van der Waals surface area (Å²) in [6, 6.07) is 55.0. The number of H-pyrrole nitrogens is 1. The highest BCUT2D eigenvalue weighted by Crippen LogP contribution is 2.42. The van der Waals surface area contributed by atoms with Crippen LogP contribution in [0, 0.1) is 0 Å². The van der Waals surface area contributed by atoms with Crippen LogP contribution in [0.25, 0.3) is 66.2 Å². The van der Waals surface area contributed by atoms with Crippen LogP contribution >= 0.6 is 0 Å². The molecule has 4 nitrogen and oxygen atoms in total. The Bertz CT molecular complexity index is 2920.